The van der Waals surface area contributed by atoms with Crippen molar-refractivity contribution in [2.75, 3.05) is 32.4 Å². The van der Waals surface area contributed by atoms with E-state index < -0.39 is 0 Å². The highest BCUT2D eigenvalue weighted by atomic mass is 32.1. The molecule has 114 valence electrons. The molecule has 0 aromatic carbocycles. The van der Waals surface area contributed by atoms with Crippen LogP contribution >= 0.6 is 12.6 Å². The van der Waals surface area contributed by atoms with Crippen LogP contribution in [0.1, 0.15) is 53.4 Å². The van der Waals surface area contributed by atoms with Crippen molar-refractivity contribution in [3.8, 4) is 0 Å². The minimum absolute atomic E-state index is 0.433. The number of piperazine rings is 1. The summed E-state index contributed by atoms with van der Waals surface area (Å²) in [4.78, 5) is 5.20. The van der Waals surface area contributed by atoms with Crippen molar-refractivity contribution >= 4 is 12.6 Å². The zero-order valence-corrected chi connectivity index (χ0v) is 14.5. The minimum atomic E-state index is 0.433. The van der Waals surface area contributed by atoms with Gasteiger partial charge in [0.2, 0.25) is 0 Å². The first-order valence-corrected chi connectivity index (χ1v) is 8.66. The lowest BCUT2D eigenvalue weighted by molar-refractivity contribution is 0.0315. The highest BCUT2D eigenvalue weighted by Crippen LogP contribution is 2.33. The topological polar surface area (TPSA) is 6.48 Å². The van der Waals surface area contributed by atoms with Crippen LogP contribution < -0.4 is 0 Å². The van der Waals surface area contributed by atoms with Crippen molar-refractivity contribution < 1.29 is 0 Å². The smallest absolute Gasteiger partial charge is 0.0195 e. The number of thiol groups is 1. The second-order valence-electron chi connectivity index (χ2n) is 6.72. The van der Waals surface area contributed by atoms with Gasteiger partial charge in [0.1, 0.15) is 0 Å². The van der Waals surface area contributed by atoms with Gasteiger partial charge in [-0.05, 0) is 44.9 Å². The van der Waals surface area contributed by atoms with Gasteiger partial charge in [-0.15, -0.1) is 0 Å². The average molecular weight is 287 g/mol. The van der Waals surface area contributed by atoms with E-state index >= 15 is 0 Å². The highest BCUT2D eigenvalue weighted by molar-refractivity contribution is 7.80. The van der Waals surface area contributed by atoms with E-state index in [0.717, 1.165) is 5.75 Å². The molecule has 0 aromatic heterocycles. The first-order chi connectivity index (χ1) is 8.98. The summed E-state index contributed by atoms with van der Waals surface area (Å²) in [6, 6.07) is 1.34. The third-order valence-electron chi connectivity index (χ3n) is 4.89. The van der Waals surface area contributed by atoms with Crippen LogP contribution in [-0.2, 0) is 0 Å². The van der Waals surface area contributed by atoms with Gasteiger partial charge in [-0.3, -0.25) is 9.80 Å². The molecule has 1 heterocycles. The van der Waals surface area contributed by atoms with Crippen LogP contribution in [0.4, 0.5) is 0 Å². The molecule has 0 saturated carbocycles. The van der Waals surface area contributed by atoms with Crippen LogP contribution in [0.15, 0.2) is 0 Å². The van der Waals surface area contributed by atoms with Crippen LogP contribution in [0.25, 0.3) is 0 Å². The Hall–Kier alpha value is 0.270. The van der Waals surface area contributed by atoms with Gasteiger partial charge in [0, 0.05) is 31.7 Å². The first kappa shape index (κ1) is 17.3. The van der Waals surface area contributed by atoms with E-state index in [1.54, 1.807) is 0 Å². The van der Waals surface area contributed by atoms with Crippen LogP contribution in [0, 0.1) is 5.41 Å². The molecule has 1 aliphatic rings. The number of hydrogen-bond acceptors (Lipinski definition) is 3. The van der Waals surface area contributed by atoms with Gasteiger partial charge in [-0.1, -0.05) is 26.7 Å². The van der Waals surface area contributed by atoms with E-state index in [0.29, 0.717) is 17.5 Å². The van der Waals surface area contributed by atoms with Gasteiger partial charge >= 0.3 is 0 Å². The minimum Gasteiger partial charge on any atom is -0.300 e. The lowest BCUT2D eigenvalue weighted by Crippen LogP contribution is -2.57. The molecular formula is C16H34N2S. The summed E-state index contributed by atoms with van der Waals surface area (Å²) in [7, 11) is 2.26. The summed E-state index contributed by atoms with van der Waals surface area (Å²) in [6.07, 6.45) is 5.19. The van der Waals surface area contributed by atoms with Crippen molar-refractivity contribution in [1.29, 1.82) is 0 Å². The van der Waals surface area contributed by atoms with Gasteiger partial charge in [0.25, 0.3) is 0 Å². The molecule has 0 bridgehead atoms. The molecule has 2 nitrogen and oxygen atoms in total. The van der Waals surface area contributed by atoms with E-state index in [9.17, 15) is 0 Å². The molecule has 1 saturated heterocycles. The number of likely N-dealkylation sites (N-methyl/N-ethyl adjacent to an activating group) is 1. The molecule has 19 heavy (non-hydrogen) atoms. The Balaban J connectivity index is 2.68. The summed E-state index contributed by atoms with van der Waals surface area (Å²) in [5, 5.41) is 0. The quantitative estimate of drug-likeness (QED) is 0.715. The van der Waals surface area contributed by atoms with Gasteiger partial charge in [-0.2, -0.15) is 12.6 Å². The molecule has 3 heteroatoms. The van der Waals surface area contributed by atoms with E-state index in [1.165, 1.54) is 45.3 Å². The second-order valence-corrected chi connectivity index (χ2v) is 7.03. The normalized spacial score (nSPS) is 26.8. The molecule has 0 spiro atoms. The summed E-state index contributed by atoms with van der Waals surface area (Å²) < 4.78 is 0. The van der Waals surface area contributed by atoms with Crippen molar-refractivity contribution in [2.45, 2.75) is 65.5 Å². The number of hydrogen-bond donors (Lipinski definition) is 1. The zero-order chi connectivity index (χ0) is 14.5. The third kappa shape index (κ3) is 4.64. The lowest BCUT2D eigenvalue weighted by atomic mass is 9.80. The molecule has 0 N–H and O–H groups in total. The monoisotopic (exact) mass is 286 g/mol. The standard InChI is InChI=1S/C16H34N2S/c1-6-8-16(13-19,9-7-2)12-18-10-14(3)17(5)15(4)11-18/h14-15,19H,6-13H2,1-5H3. The Bertz CT molecular complexity index is 239. The molecule has 0 amide bonds. The predicted molar refractivity (Wildman–Crippen MR) is 89.2 cm³/mol. The zero-order valence-electron chi connectivity index (χ0n) is 13.7. The lowest BCUT2D eigenvalue weighted by Gasteiger charge is -2.46. The molecular weight excluding hydrogens is 252 g/mol. The Kier molecular flexibility index (Phi) is 7.20. The largest absolute Gasteiger partial charge is 0.300 e. The summed E-state index contributed by atoms with van der Waals surface area (Å²) >= 11 is 4.69. The van der Waals surface area contributed by atoms with Crippen molar-refractivity contribution in [3.05, 3.63) is 0 Å². The van der Waals surface area contributed by atoms with Gasteiger partial charge < -0.3 is 0 Å². The Morgan fingerprint density at radius 2 is 1.53 bits per heavy atom. The Morgan fingerprint density at radius 1 is 1.05 bits per heavy atom. The van der Waals surface area contributed by atoms with Gasteiger partial charge in [0.15, 0.2) is 0 Å². The third-order valence-corrected chi connectivity index (χ3v) is 5.56. The average Bonchev–Trinajstić information content (AvgIpc) is 2.36. The molecule has 0 aliphatic carbocycles. The molecule has 1 fully saturated rings. The fourth-order valence-corrected chi connectivity index (χ4v) is 4.09. The van der Waals surface area contributed by atoms with Crippen LogP contribution in [-0.4, -0.2) is 54.3 Å². The highest BCUT2D eigenvalue weighted by Gasteiger charge is 2.33. The van der Waals surface area contributed by atoms with E-state index in [-0.39, 0.29) is 0 Å². The molecule has 2 unspecified atom stereocenters. The van der Waals surface area contributed by atoms with Crippen LogP contribution in [0.2, 0.25) is 0 Å². The van der Waals surface area contributed by atoms with Crippen molar-refractivity contribution in [3.63, 3.8) is 0 Å². The maximum absolute atomic E-state index is 4.69. The predicted octanol–water partition coefficient (Wildman–Crippen LogP) is 3.53. The Morgan fingerprint density at radius 3 is 1.89 bits per heavy atom. The fraction of sp³-hybridized carbons (Fsp3) is 1.00. The molecule has 1 rings (SSSR count). The van der Waals surface area contributed by atoms with Gasteiger partial charge in [-0.25, -0.2) is 0 Å². The maximum Gasteiger partial charge on any atom is 0.0195 e. The first-order valence-electron chi connectivity index (χ1n) is 8.03. The van der Waals surface area contributed by atoms with Crippen molar-refractivity contribution in [2.24, 2.45) is 5.41 Å². The number of rotatable bonds is 7. The second kappa shape index (κ2) is 7.90. The van der Waals surface area contributed by atoms with E-state index in [2.05, 4.69) is 44.5 Å². The molecule has 0 aromatic rings. The van der Waals surface area contributed by atoms with Gasteiger partial charge in [0.05, 0.1) is 0 Å². The summed E-state index contributed by atoms with van der Waals surface area (Å²) in [5.74, 6) is 1.03. The molecule has 2 atom stereocenters. The SMILES string of the molecule is CCCC(CS)(CCC)CN1CC(C)N(C)C(C)C1. The fourth-order valence-electron chi connectivity index (χ4n) is 3.67. The van der Waals surface area contributed by atoms with E-state index in [4.69, 9.17) is 12.6 Å². The number of nitrogens with zero attached hydrogens (tertiary/aromatic N) is 2. The maximum atomic E-state index is 4.69. The van der Waals surface area contributed by atoms with Crippen LogP contribution in [0.3, 0.4) is 0 Å². The molecule has 1 aliphatic heterocycles. The van der Waals surface area contributed by atoms with E-state index in [1.807, 2.05) is 0 Å². The molecule has 0 radical (unpaired) electrons. The van der Waals surface area contributed by atoms with Crippen molar-refractivity contribution in [1.82, 2.24) is 9.80 Å². The summed E-state index contributed by atoms with van der Waals surface area (Å²) in [5.41, 5.74) is 0.433. The van der Waals surface area contributed by atoms with Crippen LogP contribution in [0.5, 0.6) is 0 Å². The Labute approximate surface area is 126 Å². The summed E-state index contributed by atoms with van der Waals surface area (Å²) in [6.45, 7) is 13.0.